The number of rotatable bonds is 4. The molecule has 102 valence electrons. The van der Waals surface area contributed by atoms with Gasteiger partial charge in [0, 0.05) is 36.1 Å². The molecule has 2 N–H and O–H groups in total. The highest BCUT2D eigenvalue weighted by Crippen LogP contribution is 2.13. The molecule has 4 nitrogen and oxygen atoms in total. The standard InChI is InChI=1S/C14H18FN3O/c1-10(2)18-7-6-17(14(18)19)9-12-5-3-4-11(8-16)13(12)15/h3-7,10H,8-9,16H2,1-2H3. The Kier molecular flexibility index (Phi) is 3.85. The van der Waals surface area contributed by atoms with Crippen molar-refractivity contribution in [1.29, 1.82) is 0 Å². The van der Waals surface area contributed by atoms with Crippen LogP contribution in [0.2, 0.25) is 0 Å². The van der Waals surface area contributed by atoms with Gasteiger partial charge in [-0.3, -0.25) is 9.13 Å². The second-order valence-electron chi connectivity index (χ2n) is 4.80. The summed E-state index contributed by atoms with van der Waals surface area (Å²) in [7, 11) is 0. The highest BCUT2D eigenvalue weighted by atomic mass is 19.1. The fourth-order valence-corrected chi connectivity index (χ4v) is 2.04. The third-order valence-corrected chi connectivity index (χ3v) is 3.15. The molecule has 0 radical (unpaired) electrons. The molecule has 2 rings (SSSR count). The van der Waals surface area contributed by atoms with Crippen molar-refractivity contribution >= 4 is 0 Å². The molecule has 0 atom stereocenters. The van der Waals surface area contributed by atoms with Gasteiger partial charge in [0.15, 0.2) is 0 Å². The van der Waals surface area contributed by atoms with Crippen molar-refractivity contribution in [3.05, 3.63) is 58.0 Å². The van der Waals surface area contributed by atoms with Crippen molar-refractivity contribution in [3.8, 4) is 0 Å². The summed E-state index contributed by atoms with van der Waals surface area (Å²) in [6.45, 7) is 4.24. The summed E-state index contributed by atoms with van der Waals surface area (Å²) in [5.41, 5.74) is 6.29. The van der Waals surface area contributed by atoms with E-state index in [0.717, 1.165) is 0 Å². The number of nitrogens with two attached hydrogens (primary N) is 1. The lowest BCUT2D eigenvalue weighted by atomic mass is 10.1. The van der Waals surface area contributed by atoms with Crippen LogP contribution in [-0.2, 0) is 13.1 Å². The summed E-state index contributed by atoms with van der Waals surface area (Å²) in [4.78, 5) is 12.1. The minimum atomic E-state index is -0.325. The van der Waals surface area contributed by atoms with Crippen LogP contribution in [0.1, 0.15) is 31.0 Å². The zero-order valence-electron chi connectivity index (χ0n) is 11.1. The molecule has 19 heavy (non-hydrogen) atoms. The van der Waals surface area contributed by atoms with Gasteiger partial charge in [0.05, 0.1) is 6.54 Å². The van der Waals surface area contributed by atoms with Crippen molar-refractivity contribution in [2.75, 3.05) is 0 Å². The van der Waals surface area contributed by atoms with Gasteiger partial charge in [0.25, 0.3) is 0 Å². The average Bonchev–Trinajstić information content (AvgIpc) is 2.74. The van der Waals surface area contributed by atoms with Gasteiger partial charge in [0.2, 0.25) is 0 Å². The third-order valence-electron chi connectivity index (χ3n) is 3.15. The first kappa shape index (κ1) is 13.5. The first-order valence-corrected chi connectivity index (χ1v) is 6.28. The number of aromatic nitrogens is 2. The predicted octanol–water partition coefficient (Wildman–Crippen LogP) is 1.88. The van der Waals surface area contributed by atoms with Gasteiger partial charge in [0.1, 0.15) is 5.82 Å². The lowest BCUT2D eigenvalue weighted by molar-refractivity contribution is 0.550. The summed E-state index contributed by atoms with van der Waals surface area (Å²) >= 11 is 0. The molecule has 1 aromatic heterocycles. The molecular weight excluding hydrogens is 245 g/mol. The first-order valence-electron chi connectivity index (χ1n) is 6.28. The van der Waals surface area contributed by atoms with Gasteiger partial charge in [-0.2, -0.15) is 0 Å². The van der Waals surface area contributed by atoms with Crippen LogP contribution < -0.4 is 11.4 Å². The van der Waals surface area contributed by atoms with Crippen LogP contribution in [0, 0.1) is 5.82 Å². The molecular formula is C14H18FN3O. The predicted molar refractivity (Wildman–Crippen MR) is 72.5 cm³/mol. The third kappa shape index (κ3) is 2.61. The van der Waals surface area contributed by atoms with Crippen LogP contribution in [-0.4, -0.2) is 9.13 Å². The maximum Gasteiger partial charge on any atom is 0.328 e. The lowest BCUT2D eigenvalue weighted by Crippen LogP contribution is -2.25. The molecule has 0 amide bonds. The fraction of sp³-hybridized carbons (Fsp3) is 0.357. The highest BCUT2D eigenvalue weighted by Gasteiger charge is 2.10. The average molecular weight is 263 g/mol. The number of imidazole rings is 1. The molecule has 0 fully saturated rings. The summed E-state index contributed by atoms with van der Waals surface area (Å²) in [6.07, 6.45) is 3.40. The Morgan fingerprint density at radius 1 is 1.26 bits per heavy atom. The molecule has 0 aliphatic carbocycles. The monoisotopic (exact) mass is 263 g/mol. The molecule has 1 heterocycles. The van der Waals surface area contributed by atoms with Crippen LogP contribution in [0.3, 0.4) is 0 Å². The van der Waals surface area contributed by atoms with Crippen LogP contribution in [0.15, 0.2) is 35.4 Å². The van der Waals surface area contributed by atoms with E-state index in [2.05, 4.69) is 0 Å². The zero-order valence-corrected chi connectivity index (χ0v) is 11.1. The van der Waals surface area contributed by atoms with Gasteiger partial charge in [-0.25, -0.2) is 9.18 Å². The molecule has 0 saturated heterocycles. The molecule has 0 spiro atoms. The van der Waals surface area contributed by atoms with E-state index in [9.17, 15) is 9.18 Å². The molecule has 1 aromatic carbocycles. The maximum absolute atomic E-state index is 14.1. The Balaban J connectivity index is 2.34. The number of hydrogen-bond donors (Lipinski definition) is 1. The second kappa shape index (κ2) is 5.40. The van der Waals surface area contributed by atoms with Gasteiger partial charge in [-0.15, -0.1) is 0 Å². The molecule has 0 aliphatic rings. The maximum atomic E-state index is 14.1. The number of benzene rings is 1. The van der Waals surface area contributed by atoms with Crippen LogP contribution in [0.4, 0.5) is 4.39 Å². The van der Waals surface area contributed by atoms with Crippen molar-refractivity contribution < 1.29 is 4.39 Å². The second-order valence-corrected chi connectivity index (χ2v) is 4.80. The quantitative estimate of drug-likeness (QED) is 0.915. The van der Waals surface area contributed by atoms with Crippen molar-refractivity contribution in [3.63, 3.8) is 0 Å². The molecule has 0 bridgehead atoms. The van der Waals surface area contributed by atoms with E-state index in [4.69, 9.17) is 5.73 Å². The fourth-order valence-electron chi connectivity index (χ4n) is 2.04. The number of nitrogens with zero attached hydrogens (tertiary/aromatic N) is 2. The van der Waals surface area contributed by atoms with Crippen LogP contribution in [0.5, 0.6) is 0 Å². The van der Waals surface area contributed by atoms with Gasteiger partial charge in [-0.1, -0.05) is 18.2 Å². The van der Waals surface area contributed by atoms with Crippen LogP contribution in [0.25, 0.3) is 0 Å². The van der Waals surface area contributed by atoms with Gasteiger partial charge >= 0.3 is 5.69 Å². The molecule has 0 aliphatic heterocycles. The summed E-state index contributed by atoms with van der Waals surface area (Å²) < 4.78 is 17.2. The number of halogens is 1. The lowest BCUT2D eigenvalue weighted by Gasteiger charge is -2.08. The summed E-state index contributed by atoms with van der Waals surface area (Å²) in [6, 6.07) is 5.17. The summed E-state index contributed by atoms with van der Waals surface area (Å²) in [5, 5.41) is 0. The normalized spacial score (nSPS) is 11.2. The van der Waals surface area contributed by atoms with Gasteiger partial charge in [-0.05, 0) is 13.8 Å². The van der Waals surface area contributed by atoms with E-state index in [-0.39, 0.29) is 30.6 Å². The Hall–Kier alpha value is -1.88. The molecule has 0 saturated carbocycles. The van der Waals surface area contributed by atoms with E-state index in [1.54, 1.807) is 35.2 Å². The molecule has 5 heteroatoms. The largest absolute Gasteiger partial charge is 0.328 e. The molecule has 2 aromatic rings. The first-order chi connectivity index (χ1) is 9.04. The summed E-state index contributed by atoms with van der Waals surface area (Å²) in [5.74, 6) is -0.325. The van der Waals surface area contributed by atoms with E-state index < -0.39 is 0 Å². The topological polar surface area (TPSA) is 52.9 Å². The van der Waals surface area contributed by atoms with Gasteiger partial charge < -0.3 is 5.73 Å². The SMILES string of the molecule is CC(C)n1ccn(Cc2cccc(CN)c2F)c1=O. The van der Waals surface area contributed by atoms with Crippen molar-refractivity contribution in [2.24, 2.45) is 5.73 Å². The van der Waals surface area contributed by atoms with E-state index in [0.29, 0.717) is 11.1 Å². The Morgan fingerprint density at radius 2 is 1.95 bits per heavy atom. The Labute approximate surface area is 111 Å². The van der Waals surface area contributed by atoms with E-state index >= 15 is 0 Å². The van der Waals surface area contributed by atoms with Crippen molar-refractivity contribution in [2.45, 2.75) is 33.0 Å². The zero-order chi connectivity index (χ0) is 14.0. The Bertz CT molecular complexity index is 628. The van der Waals surface area contributed by atoms with E-state index in [1.807, 2.05) is 13.8 Å². The minimum absolute atomic E-state index is 0.0916. The minimum Gasteiger partial charge on any atom is -0.326 e. The van der Waals surface area contributed by atoms with E-state index in [1.165, 1.54) is 4.57 Å². The molecule has 0 unspecified atom stereocenters. The Morgan fingerprint density at radius 3 is 2.53 bits per heavy atom. The smallest absolute Gasteiger partial charge is 0.326 e. The van der Waals surface area contributed by atoms with Crippen molar-refractivity contribution in [1.82, 2.24) is 9.13 Å². The highest BCUT2D eigenvalue weighted by molar-refractivity contribution is 5.26. The van der Waals surface area contributed by atoms with Crippen LogP contribution >= 0.6 is 0 Å². The number of hydrogen-bond acceptors (Lipinski definition) is 2.